The number of nitrogens with zero attached hydrogens (tertiary/aromatic N) is 6. The molecule has 5 rings (SSSR count). The topological polar surface area (TPSA) is 133 Å². The Bertz CT molecular complexity index is 1230. The predicted octanol–water partition coefficient (Wildman–Crippen LogP) is 3.28. The van der Waals surface area contributed by atoms with Crippen LogP contribution >= 0.6 is 0 Å². The molecule has 1 amide bonds. The molecule has 0 atom stereocenters. The highest BCUT2D eigenvalue weighted by Crippen LogP contribution is 2.32. The van der Waals surface area contributed by atoms with E-state index in [1.165, 1.54) is 18.4 Å². The molecule has 0 bridgehead atoms. The number of aromatic nitrogens is 1. The summed E-state index contributed by atoms with van der Waals surface area (Å²) in [5, 5.41) is 20.3. The summed E-state index contributed by atoms with van der Waals surface area (Å²) in [5.41, 5.74) is 1.20. The molecule has 180 valence electrons. The minimum atomic E-state index is -0.410. The largest absolute Gasteiger partial charge is 0.459 e. The number of hydrogen-bond acceptors (Lipinski definition) is 9. The summed E-state index contributed by atoms with van der Waals surface area (Å²) < 4.78 is 11.2. The maximum Gasteiger partial charge on any atom is 0.269 e. The second-order valence-corrected chi connectivity index (χ2v) is 8.61. The van der Waals surface area contributed by atoms with E-state index in [2.05, 4.69) is 16.0 Å². The molecule has 0 saturated carbocycles. The van der Waals surface area contributed by atoms with Gasteiger partial charge in [0.15, 0.2) is 5.76 Å². The van der Waals surface area contributed by atoms with Crippen molar-refractivity contribution in [1.29, 1.82) is 5.26 Å². The van der Waals surface area contributed by atoms with E-state index in [0.29, 0.717) is 63.8 Å². The van der Waals surface area contributed by atoms with Crippen LogP contribution in [0, 0.1) is 27.4 Å². The SMILES string of the molecule is N#Cc1nc(-c2ccco2)oc1N1CCC(C(=O)N2CCN(c3ccc([N+](=O)[O-])cc3)CC2)CC1. The molecule has 1 aromatic carbocycles. The van der Waals surface area contributed by atoms with Gasteiger partial charge in [0.1, 0.15) is 6.07 Å². The number of non-ortho nitro benzene ring substituents is 1. The summed E-state index contributed by atoms with van der Waals surface area (Å²) in [6, 6.07) is 12.1. The number of hydrogen-bond donors (Lipinski definition) is 0. The molecule has 0 radical (unpaired) electrons. The van der Waals surface area contributed by atoms with Crippen LogP contribution in [0.15, 0.2) is 51.5 Å². The Labute approximate surface area is 201 Å². The minimum absolute atomic E-state index is 0.0679. The highest BCUT2D eigenvalue weighted by molar-refractivity contribution is 5.79. The molecule has 2 aromatic heterocycles. The first-order chi connectivity index (χ1) is 17.0. The Balaban J connectivity index is 1.15. The predicted molar refractivity (Wildman–Crippen MR) is 126 cm³/mol. The zero-order valence-corrected chi connectivity index (χ0v) is 19.0. The number of oxazole rings is 1. The molecule has 2 aliphatic rings. The standard InChI is InChI=1S/C24H24N6O5/c25-16-20-24(35-22(26-20)21-2-1-15-34-21)29-9-7-17(8-10-29)23(31)28-13-11-27(12-14-28)18-3-5-19(6-4-18)30(32)33/h1-6,15,17H,7-14H2. The molecule has 2 fully saturated rings. The Morgan fingerprint density at radius 1 is 1.06 bits per heavy atom. The van der Waals surface area contributed by atoms with Crippen LogP contribution in [0.5, 0.6) is 0 Å². The second kappa shape index (κ2) is 9.50. The molecule has 0 spiro atoms. The van der Waals surface area contributed by atoms with Gasteiger partial charge in [-0.1, -0.05) is 0 Å². The zero-order valence-electron chi connectivity index (χ0n) is 19.0. The first-order valence-corrected chi connectivity index (χ1v) is 11.5. The van der Waals surface area contributed by atoms with Gasteiger partial charge in [-0.3, -0.25) is 14.9 Å². The van der Waals surface area contributed by atoms with Gasteiger partial charge < -0.3 is 23.5 Å². The van der Waals surface area contributed by atoms with E-state index >= 15 is 0 Å². The Kier molecular flexibility index (Phi) is 6.10. The van der Waals surface area contributed by atoms with E-state index in [-0.39, 0.29) is 29.1 Å². The van der Waals surface area contributed by atoms with Gasteiger partial charge in [-0.2, -0.15) is 10.2 Å². The van der Waals surface area contributed by atoms with E-state index < -0.39 is 4.92 Å². The summed E-state index contributed by atoms with van der Waals surface area (Å²) in [5.74, 6) is 1.23. The number of carbonyl (C=O) groups excluding carboxylic acids is 1. The van der Waals surface area contributed by atoms with Gasteiger partial charge in [-0.15, -0.1) is 0 Å². The normalized spacial score (nSPS) is 16.8. The number of nitro groups is 1. The number of nitriles is 1. The van der Waals surface area contributed by atoms with Gasteiger partial charge in [-0.25, -0.2) is 0 Å². The number of piperidine rings is 1. The van der Waals surface area contributed by atoms with Crippen molar-refractivity contribution in [3.63, 3.8) is 0 Å². The molecule has 3 aromatic rings. The van der Waals surface area contributed by atoms with Gasteiger partial charge in [0.25, 0.3) is 11.6 Å². The van der Waals surface area contributed by atoms with Crippen LogP contribution in [0.1, 0.15) is 18.5 Å². The van der Waals surface area contributed by atoms with Crippen LogP contribution in [0.3, 0.4) is 0 Å². The molecule has 11 heteroatoms. The Morgan fingerprint density at radius 2 is 1.77 bits per heavy atom. The van der Waals surface area contributed by atoms with Crippen molar-refractivity contribution in [1.82, 2.24) is 9.88 Å². The second-order valence-electron chi connectivity index (χ2n) is 8.61. The average molecular weight is 476 g/mol. The monoisotopic (exact) mass is 476 g/mol. The van der Waals surface area contributed by atoms with E-state index in [4.69, 9.17) is 8.83 Å². The lowest BCUT2D eigenvalue weighted by molar-refractivity contribution is -0.384. The molecule has 4 heterocycles. The average Bonchev–Trinajstić information content (AvgIpc) is 3.59. The van der Waals surface area contributed by atoms with Crippen molar-refractivity contribution in [2.45, 2.75) is 12.8 Å². The maximum absolute atomic E-state index is 13.2. The summed E-state index contributed by atoms with van der Waals surface area (Å²) in [6.07, 6.45) is 2.86. The van der Waals surface area contributed by atoms with Crippen molar-refractivity contribution in [2.75, 3.05) is 49.1 Å². The molecule has 0 unspecified atom stereocenters. The first kappa shape index (κ1) is 22.5. The van der Waals surface area contributed by atoms with Crippen molar-refractivity contribution in [3.05, 3.63) is 58.5 Å². The Hall–Kier alpha value is -4.33. The van der Waals surface area contributed by atoms with Crippen LogP contribution < -0.4 is 9.80 Å². The van der Waals surface area contributed by atoms with Crippen molar-refractivity contribution in [2.24, 2.45) is 5.92 Å². The lowest BCUT2D eigenvalue weighted by Gasteiger charge is -2.39. The third-order valence-corrected chi connectivity index (χ3v) is 6.60. The number of anilines is 2. The molecular formula is C24H24N6O5. The van der Waals surface area contributed by atoms with Crippen molar-refractivity contribution in [3.8, 4) is 17.7 Å². The molecule has 11 nitrogen and oxygen atoms in total. The highest BCUT2D eigenvalue weighted by atomic mass is 16.6. The number of rotatable bonds is 5. The number of carbonyl (C=O) groups is 1. The number of piperazine rings is 1. The van der Waals surface area contributed by atoms with Crippen LogP contribution in [0.4, 0.5) is 17.3 Å². The van der Waals surface area contributed by atoms with Crippen LogP contribution in [0.2, 0.25) is 0 Å². The molecular weight excluding hydrogens is 452 g/mol. The molecule has 2 saturated heterocycles. The number of furan rings is 1. The Morgan fingerprint density at radius 3 is 2.37 bits per heavy atom. The van der Waals surface area contributed by atoms with Crippen molar-refractivity contribution < 1.29 is 18.6 Å². The summed E-state index contributed by atoms with van der Waals surface area (Å²) >= 11 is 0. The first-order valence-electron chi connectivity index (χ1n) is 11.5. The van der Waals surface area contributed by atoms with Gasteiger partial charge in [0, 0.05) is 63.0 Å². The zero-order chi connectivity index (χ0) is 24.4. The van der Waals surface area contributed by atoms with Crippen molar-refractivity contribution >= 4 is 23.2 Å². The number of amides is 1. The maximum atomic E-state index is 13.2. The van der Waals surface area contributed by atoms with Crippen LogP contribution in [-0.2, 0) is 4.79 Å². The highest BCUT2D eigenvalue weighted by Gasteiger charge is 2.32. The van der Waals surface area contributed by atoms with Gasteiger partial charge in [-0.05, 0) is 37.1 Å². The van der Waals surface area contributed by atoms with Gasteiger partial charge >= 0.3 is 0 Å². The third kappa shape index (κ3) is 4.55. The smallest absolute Gasteiger partial charge is 0.269 e. The third-order valence-electron chi connectivity index (χ3n) is 6.60. The summed E-state index contributed by atoms with van der Waals surface area (Å²) in [4.78, 5) is 33.9. The van der Waals surface area contributed by atoms with E-state index in [1.54, 1.807) is 24.3 Å². The molecule has 0 N–H and O–H groups in total. The fourth-order valence-electron chi connectivity index (χ4n) is 4.66. The quantitative estimate of drug-likeness (QED) is 0.402. The van der Waals surface area contributed by atoms with Gasteiger partial charge in [0.05, 0.1) is 11.2 Å². The summed E-state index contributed by atoms with van der Waals surface area (Å²) in [6.45, 7) is 3.79. The van der Waals surface area contributed by atoms with E-state index in [0.717, 1.165) is 5.69 Å². The lowest BCUT2D eigenvalue weighted by atomic mass is 9.95. The lowest BCUT2D eigenvalue weighted by Crippen LogP contribution is -2.51. The van der Waals surface area contributed by atoms with Crippen LogP contribution in [-0.4, -0.2) is 60.0 Å². The number of benzene rings is 1. The number of nitro benzene ring substituents is 1. The molecule has 2 aliphatic heterocycles. The van der Waals surface area contributed by atoms with E-state index in [1.807, 2.05) is 9.80 Å². The minimum Gasteiger partial charge on any atom is -0.459 e. The molecule has 0 aliphatic carbocycles. The van der Waals surface area contributed by atoms with Crippen LogP contribution in [0.25, 0.3) is 11.7 Å². The van der Waals surface area contributed by atoms with E-state index in [9.17, 15) is 20.2 Å². The fraction of sp³-hybridized carbons (Fsp3) is 0.375. The van der Waals surface area contributed by atoms with Gasteiger partial charge in [0.2, 0.25) is 17.5 Å². The summed E-state index contributed by atoms with van der Waals surface area (Å²) in [7, 11) is 0. The fourth-order valence-corrected chi connectivity index (χ4v) is 4.66. The molecule has 35 heavy (non-hydrogen) atoms.